The lowest BCUT2D eigenvalue weighted by Gasteiger charge is -2.40. The van der Waals surface area contributed by atoms with E-state index in [2.05, 4.69) is 29.3 Å². The van der Waals surface area contributed by atoms with Crippen LogP contribution >= 0.6 is 0 Å². The number of hydrogen-bond acceptors (Lipinski definition) is 4. The summed E-state index contributed by atoms with van der Waals surface area (Å²) in [5.74, 6) is 0. The Kier molecular flexibility index (Phi) is 5.54. The number of rotatable bonds is 6. The summed E-state index contributed by atoms with van der Waals surface area (Å²) in [5, 5.41) is 13.3. The maximum Gasteiger partial charge on any atom is 0.0795 e. The SMILES string of the molecule is CCC1CN(CC(CO)(NC)c2ccccc2)CCO1. The van der Waals surface area contributed by atoms with Gasteiger partial charge in [-0.2, -0.15) is 0 Å². The largest absolute Gasteiger partial charge is 0.394 e. The molecule has 4 nitrogen and oxygen atoms in total. The average molecular weight is 278 g/mol. The molecule has 2 N–H and O–H groups in total. The van der Waals surface area contributed by atoms with Gasteiger partial charge in [0.25, 0.3) is 0 Å². The van der Waals surface area contributed by atoms with Crippen LogP contribution in [0.3, 0.4) is 0 Å². The Morgan fingerprint density at radius 1 is 1.40 bits per heavy atom. The van der Waals surface area contributed by atoms with E-state index in [-0.39, 0.29) is 6.61 Å². The number of morpholine rings is 1. The molecule has 20 heavy (non-hydrogen) atoms. The van der Waals surface area contributed by atoms with Crippen molar-refractivity contribution in [3.05, 3.63) is 35.9 Å². The summed E-state index contributed by atoms with van der Waals surface area (Å²) in [6, 6.07) is 10.2. The van der Waals surface area contributed by atoms with E-state index in [9.17, 15) is 5.11 Å². The first kappa shape index (κ1) is 15.4. The Bertz CT molecular complexity index is 393. The molecule has 0 radical (unpaired) electrons. The first-order valence-corrected chi connectivity index (χ1v) is 7.43. The van der Waals surface area contributed by atoms with Gasteiger partial charge >= 0.3 is 0 Å². The van der Waals surface area contributed by atoms with Gasteiger partial charge in [0, 0.05) is 19.6 Å². The lowest BCUT2D eigenvalue weighted by Crippen LogP contribution is -2.55. The first-order chi connectivity index (χ1) is 9.74. The summed E-state index contributed by atoms with van der Waals surface area (Å²) >= 11 is 0. The molecule has 2 unspecified atom stereocenters. The van der Waals surface area contributed by atoms with Gasteiger partial charge < -0.3 is 15.2 Å². The van der Waals surface area contributed by atoms with Crippen molar-refractivity contribution >= 4 is 0 Å². The molecule has 0 saturated carbocycles. The van der Waals surface area contributed by atoms with Crippen LogP contribution in [0.2, 0.25) is 0 Å². The zero-order chi connectivity index (χ0) is 14.4. The van der Waals surface area contributed by atoms with E-state index < -0.39 is 5.54 Å². The van der Waals surface area contributed by atoms with Crippen LogP contribution in [0.25, 0.3) is 0 Å². The molecule has 2 atom stereocenters. The van der Waals surface area contributed by atoms with Crippen molar-refractivity contribution in [3.63, 3.8) is 0 Å². The maximum absolute atomic E-state index is 9.96. The highest BCUT2D eigenvalue weighted by molar-refractivity contribution is 5.25. The van der Waals surface area contributed by atoms with E-state index in [1.54, 1.807) is 0 Å². The molecule has 1 aliphatic rings. The number of nitrogens with one attached hydrogen (secondary N) is 1. The van der Waals surface area contributed by atoms with Crippen LogP contribution in [-0.4, -0.2) is 56.0 Å². The van der Waals surface area contributed by atoms with Crippen molar-refractivity contribution in [2.24, 2.45) is 0 Å². The lowest BCUT2D eigenvalue weighted by atomic mass is 9.89. The van der Waals surface area contributed by atoms with E-state index in [1.165, 1.54) is 0 Å². The third kappa shape index (κ3) is 3.38. The number of hydrogen-bond donors (Lipinski definition) is 2. The Morgan fingerprint density at radius 2 is 2.15 bits per heavy atom. The Hall–Kier alpha value is -0.940. The second kappa shape index (κ2) is 7.18. The van der Waals surface area contributed by atoms with Gasteiger partial charge in [-0.25, -0.2) is 0 Å². The molecule has 0 aliphatic carbocycles. The smallest absolute Gasteiger partial charge is 0.0795 e. The fourth-order valence-corrected chi connectivity index (χ4v) is 2.84. The number of aliphatic hydroxyl groups excluding tert-OH is 1. The number of nitrogens with zero attached hydrogens (tertiary/aromatic N) is 1. The number of aliphatic hydroxyl groups is 1. The predicted octanol–water partition coefficient (Wildman–Crippen LogP) is 1.20. The molecule has 1 saturated heterocycles. The summed E-state index contributed by atoms with van der Waals surface area (Å²) in [6.07, 6.45) is 1.35. The van der Waals surface area contributed by atoms with E-state index >= 15 is 0 Å². The lowest BCUT2D eigenvalue weighted by molar-refractivity contribution is -0.0418. The third-order valence-electron chi connectivity index (χ3n) is 4.25. The van der Waals surface area contributed by atoms with Crippen LogP contribution < -0.4 is 5.32 Å². The predicted molar refractivity (Wildman–Crippen MR) is 80.7 cm³/mol. The minimum Gasteiger partial charge on any atom is -0.394 e. The zero-order valence-electron chi connectivity index (χ0n) is 12.5. The topological polar surface area (TPSA) is 44.7 Å². The van der Waals surface area contributed by atoms with Gasteiger partial charge in [-0.1, -0.05) is 37.3 Å². The van der Waals surface area contributed by atoms with Crippen molar-refractivity contribution in [2.45, 2.75) is 25.0 Å². The summed E-state index contributed by atoms with van der Waals surface area (Å²) in [6.45, 7) is 5.67. The van der Waals surface area contributed by atoms with E-state index in [1.807, 2.05) is 25.2 Å². The quantitative estimate of drug-likeness (QED) is 0.821. The minimum atomic E-state index is -0.406. The Labute approximate surface area is 121 Å². The van der Waals surface area contributed by atoms with Gasteiger partial charge in [0.2, 0.25) is 0 Å². The van der Waals surface area contributed by atoms with Gasteiger partial charge in [0.1, 0.15) is 0 Å². The van der Waals surface area contributed by atoms with Crippen LogP contribution in [0.5, 0.6) is 0 Å². The molecule has 1 aromatic carbocycles. The molecule has 0 aromatic heterocycles. The second-order valence-corrected chi connectivity index (χ2v) is 5.49. The van der Waals surface area contributed by atoms with Gasteiger partial charge in [-0.15, -0.1) is 0 Å². The molecule has 1 fully saturated rings. The highest BCUT2D eigenvalue weighted by Gasteiger charge is 2.33. The van der Waals surface area contributed by atoms with E-state index in [4.69, 9.17) is 4.74 Å². The Morgan fingerprint density at radius 3 is 2.75 bits per heavy atom. The second-order valence-electron chi connectivity index (χ2n) is 5.49. The fraction of sp³-hybridized carbons (Fsp3) is 0.625. The molecule has 1 aliphatic heterocycles. The monoisotopic (exact) mass is 278 g/mol. The molecule has 1 aromatic rings. The van der Waals surface area contributed by atoms with Crippen LogP contribution in [0.1, 0.15) is 18.9 Å². The summed E-state index contributed by atoms with van der Waals surface area (Å²) in [7, 11) is 1.92. The van der Waals surface area contributed by atoms with Crippen molar-refractivity contribution in [1.82, 2.24) is 10.2 Å². The molecular weight excluding hydrogens is 252 g/mol. The standard InChI is InChI=1S/C16H26N2O2/c1-3-15-11-18(9-10-20-15)12-16(13-19,17-2)14-7-5-4-6-8-14/h4-8,15,17,19H,3,9-13H2,1-2H3. The van der Waals surface area contributed by atoms with Gasteiger partial charge in [-0.05, 0) is 19.0 Å². The molecule has 0 spiro atoms. The number of ether oxygens (including phenoxy) is 1. The number of benzene rings is 1. The normalized spacial score (nSPS) is 23.4. The minimum absolute atomic E-state index is 0.0850. The highest BCUT2D eigenvalue weighted by atomic mass is 16.5. The van der Waals surface area contributed by atoms with Gasteiger partial charge in [0.15, 0.2) is 0 Å². The molecule has 0 amide bonds. The Balaban J connectivity index is 2.13. The van der Waals surface area contributed by atoms with Crippen LogP contribution in [0.4, 0.5) is 0 Å². The van der Waals surface area contributed by atoms with Crippen LogP contribution in [0.15, 0.2) is 30.3 Å². The summed E-state index contributed by atoms with van der Waals surface area (Å²) in [5.41, 5.74) is 0.723. The van der Waals surface area contributed by atoms with Gasteiger partial charge in [0.05, 0.1) is 24.9 Å². The van der Waals surface area contributed by atoms with Crippen LogP contribution in [-0.2, 0) is 10.3 Å². The fourth-order valence-electron chi connectivity index (χ4n) is 2.84. The molecule has 1 heterocycles. The third-order valence-corrected chi connectivity index (χ3v) is 4.25. The van der Waals surface area contributed by atoms with Crippen molar-refractivity contribution in [3.8, 4) is 0 Å². The first-order valence-electron chi connectivity index (χ1n) is 7.43. The summed E-state index contributed by atoms with van der Waals surface area (Å²) < 4.78 is 5.72. The average Bonchev–Trinajstić information content (AvgIpc) is 2.54. The molecule has 2 rings (SSSR count). The van der Waals surface area contributed by atoms with E-state index in [0.29, 0.717) is 6.10 Å². The van der Waals surface area contributed by atoms with Crippen molar-refractivity contribution < 1.29 is 9.84 Å². The highest BCUT2D eigenvalue weighted by Crippen LogP contribution is 2.23. The molecular formula is C16H26N2O2. The molecule has 0 bridgehead atoms. The number of likely N-dealkylation sites (N-methyl/N-ethyl adjacent to an activating group) is 1. The van der Waals surface area contributed by atoms with Gasteiger partial charge in [-0.3, -0.25) is 4.90 Å². The summed E-state index contributed by atoms with van der Waals surface area (Å²) in [4.78, 5) is 2.39. The van der Waals surface area contributed by atoms with E-state index in [0.717, 1.165) is 38.2 Å². The maximum atomic E-state index is 9.96. The molecule has 112 valence electrons. The molecule has 4 heteroatoms. The van der Waals surface area contributed by atoms with Crippen LogP contribution in [0, 0.1) is 0 Å². The van der Waals surface area contributed by atoms with Crippen molar-refractivity contribution in [1.29, 1.82) is 0 Å². The van der Waals surface area contributed by atoms with Crippen molar-refractivity contribution in [2.75, 3.05) is 39.9 Å². The zero-order valence-corrected chi connectivity index (χ0v) is 12.5.